The van der Waals surface area contributed by atoms with Gasteiger partial charge in [0.25, 0.3) is 0 Å². The summed E-state index contributed by atoms with van der Waals surface area (Å²) in [5, 5.41) is 3.36. The molecular weight excluding hydrogens is 196 g/mol. The van der Waals surface area contributed by atoms with Crippen LogP contribution in [0.15, 0.2) is 0 Å². The Hall–Kier alpha value is -0.0800. The van der Waals surface area contributed by atoms with Crippen LogP contribution in [-0.4, -0.2) is 37.1 Å². The van der Waals surface area contributed by atoms with Gasteiger partial charge in [-0.05, 0) is 58.0 Å². The highest BCUT2D eigenvalue weighted by atomic mass is 15.2. The van der Waals surface area contributed by atoms with Crippen molar-refractivity contribution in [2.45, 2.75) is 64.0 Å². The summed E-state index contributed by atoms with van der Waals surface area (Å²) in [6.07, 6.45) is 10.1. The van der Waals surface area contributed by atoms with Gasteiger partial charge in [0.05, 0.1) is 0 Å². The summed E-state index contributed by atoms with van der Waals surface area (Å²) in [4.78, 5) is 2.81. The predicted octanol–water partition coefficient (Wildman–Crippen LogP) is 2.64. The van der Waals surface area contributed by atoms with E-state index in [1.807, 2.05) is 0 Å². The van der Waals surface area contributed by atoms with E-state index in [0.29, 0.717) is 0 Å². The summed E-state index contributed by atoms with van der Waals surface area (Å²) in [6, 6.07) is 1.73. The standard InChI is InChI=1S/C14H28N2/c1-3-12-6-8-13(9-7-12)16-10-4-5-14(16)11-15-2/h12-15H,3-11H2,1-2H3. The Bertz CT molecular complexity index is 197. The van der Waals surface area contributed by atoms with Crippen molar-refractivity contribution in [3.8, 4) is 0 Å². The lowest BCUT2D eigenvalue weighted by molar-refractivity contribution is 0.122. The topological polar surface area (TPSA) is 15.3 Å². The first-order valence-corrected chi connectivity index (χ1v) is 7.25. The van der Waals surface area contributed by atoms with E-state index in [4.69, 9.17) is 0 Å². The van der Waals surface area contributed by atoms with Crippen molar-refractivity contribution in [1.82, 2.24) is 10.2 Å². The van der Waals surface area contributed by atoms with E-state index in [1.165, 1.54) is 58.0 Å². The molecule has 1 aliphatic carbocycles. The van der Waals surface area contributed by atoms with Crippen molar-refractivity contribution in [3.63, 3.8) is 0 Å². The Kier molecular flexibility index (Phi) is 4.66. The molecule has 1 saturated carbocycles. The van der Waals surface area contributed by atoms with E-state index < -0.39 is 0 Å². The van der Waals surface area contributed by atoms with Gasteiger partial charge in [0.15, 0.2) is 0 Å². The molecule has 2 rings (SSSR count). The van der Waals surface area contributed by atoms with Crippen LogP contribution in [0.1, 0.15) is 51.9 Å². The van der Waals surface area contributed by atoms with Crippen LogP contribution < -0.4 is 5.32 Å². The van der Waals surface area contributed by atoms with Gasteiger partial charge in [-0.25, -0.2) is 0 Å². The quantitative estimate of drug-likeness (QED) is 0.790. The summed E-state index contributed by atoms with van der Waals surface area (Å²) < 4.78 is 0. The zero-order valence-corrected chi connectivity index (χ0v) is 11.0. The minimum atomic E-state index is 0.827. The lowest BCUT2D eigenvalue weighted by Crippen LogP contribution is -2.44. The molecule has 0 radical (unpaired) electrons. The van der Waals surface area contributed by atoms with Gasteiger partial charge < -0.3 is 5.32 Å². The largest absolute Gasteiger partial charge is 0.318 e. The second kappa shape index (κ2) is 6.02. The Morgan fingerprint density at radius 1 is 1.12 bits per heavy atom. The molecule has 0 bridgehead atoms. The predicted molar refractivity (Wildman–Crippen MR) is 69.7 cm³/mol. The molecule has 0 spiro atoms. The van der Waals surface area contributed by atoms with Crippen molar-refractivity contribution in [2.75, 3.05) is 20.1 Å². The molecule has 1 N–H and O–H groups in total. The van der Waals surface area contributed by atoms with Gasteiger partial charge >= 0.3 is 0 Å². The third-order valence-electron chi connectivity index (χ3n) is 4.73. The maximum atomic E-state index is 3.36. The van der Waals surface area contributed by atoms with Crippen LogP contribution >= 0.6 is 0 Å². The maximum Gasteiger partial charge on any atom is 0.0223 e. The van der Waals surface area contributed by atoms with E-state index in [0.717, 1.165) is 18.0 Å². The number of nitrogens with one attached hydrogen (secondary N) is 1. The lowest BCUT2D eigenvalue weighted by atomic mass is 9.84. The number of rotatable bonds is 4. The summed E-state index contributed by atoms with van der Waals surface area (Å²) >= 11 is 0. The van der Waals surface area contributed by atoms with Gasteiger partial charge in [-0.2, -0.15) is 0 Å². The molecule has 2 aliphatic rings. The first-order chi connectivity index (χ1) is 7.85. The van der Waals surface area contributed by atoms with Gasteiger partial charge in [-0.15, -0.1) is 0 Å². The zero-order chi connectivity index (χ0) is 11.4. The molecule has 1 aliphatic heterocycles. The monoisotopic (exact) mass is 224 g/mol. The minimum Gasteiger partial charge on any atom is -0.318 e. The third-order valence-corrected chi connectivity index (χ3v) is 4.73. The second-order valence-corrected chi connectivity index (χ2v) is 5.67. The lowest BCUT2D eigenvalue weighted by Gasteiger charge is -2.37. The third kappa shape index (κ3) is 2.78. The summed E-state index contributed by atoms with van der Waals surface area (Å²) in [6.45, 7) is 4.90. The van der Waals surface area contributed by atoms with Gasteiger partial charge in [-0.3, -0.25) is 4.90 Å². The van der Waals surface area contributed by atoms with Crippen LogP contribution in [0.2, 0.25) is 0 Å². The maximum absolute atomic E-state index is 3.36. The summed E-state index contributed by atoms with van der Waals surface area (Å²) in [5.74, 6) is 1.03. The summed E-state index contributed by atoms with van der Waals surface area (Å²) in [7, 11) is 2.09. The molecule has 0 amide bonds. The molecule has 2 heteroatoms. The Morgan fingerprint density at radius 3 is 2.50 bits per heavy atom. The smallest absolute Gasteiger partial charge is 0.0223 e. The molecule has 2 fully saturated rings. The molecule has 1 heterocycles. The van der Waals surface area contributed by atoms with E-state index in [-0.39, 0.29) is 0 Å². The summed E-state index contributed by atoms with van der Waals surface area (Å²) in [5.41, 5.74) is 0. The highest BCUT2D eigenvalue weighted by molar-refractivity contribution is 4.88. The van der Waals surface area contributed by atoms with Crippen molar-refractivity contribution >= 4 is 0 Å². The fourth-order valence-corrected chi connectivity index (χ4v) is 3.68. The minimum absolute atomic E-state index is 0.827. The Labute approximate surface area is 101 Å². The number of likely N-dealkylation sites (tertiary alicyclic amines) is 1. The highest BCUT2D eigenvalue weighted by Crippen LogP contribution is 2.32. The van der Waals surface area contributed by atoms with Crippen molar-refractivity contribution in [3.05, 3.63) is 0 Å². The molecule has 2 nitrogen and oxygen atoms in total. The molecule has 0 aromatic rings. The zero-order valence-electron chi connectivity index (χ0n) is 11.0. The Balaban J connectivity index is 1.83. The van der Waals surface area contributed by atoms with Gasteiger partial charge in [0.1, 0.15) is 0 Å². The number of hydrogen-bond donors (Lipinski definition) is 1. The normalized spacial score (nSPS) is 36.8. The van der Waals surface area contributed by atoms with Gasteiger partial charge in [0, 0.05) is 18.6 Å². The van der Waals surface area contributed by atoms with Crippen LogP contribution in [-0.2, 0) is 0 Å². The average Bonchev–Trinajstić information content (AvgIpc) is 2.78. The van der Waals surface area contributed by atoms with Crippen LogP contribution in [0.4, 0.5) is 0 Å². The highest BCUT2D eigenvalue weighted by Gasteiger charge is 2.32. The van der Waals surface area contributed by atoms with E-state index in [2.05, 4.69) is 24.2 Å². The number of likely N-dealkylation sites (N-methyl/N-ethyl adjacent to an activating group) is 1. The SMILES string of the molecule is CCC1CCC(N2CCCC2CNC)CC1. The fraction of sp³-hybridized carbons (Fsp3) is 1.00. The molecule has 1 saturated heterocycles. The molecular formula is C14H28N2. The molecule has 16 heavy (non-hydrogen) atoms. The van der Waals surface area contributed by atoms with Crippen LogP contribution in [0, 0.1) is 5.92 Å². The van der Waals surface area contributed by atoms with Crippen LogP contribution in [0.5, 0.6) is 0 Å². The van der Waals surface area contributed by atoms with E-state index in [9.17, 15) is 0 Å². The molecule has 0 aromatic heterocycles. The van der Waals surface area contributed by atoms with Crippen molar-refractivity contribution < 1.29 is 0 Å². The molecule has 1 unspecified atom stereocenters. The fourth-order valence-electron chi connectivity index (χ4n) is 3.68. The van der Waals surface area contributed by atoms with Crippen molar-refractivity contribution in [1.29, 1.82) is 0 Å². The van der Waals surface area contributed by atoms with Gasteiger partial charge in [-0.1, -0.05) is 13.3 Å². The van der Waals surface area contributed by atoms with E-state index in [1.54, 1.807) is 0 Å². The first kappa shape index (κ1) is 12.4. The number of hydrogen-bond acceptors (Lipinski definition) is 2. The number of nitrogens with zero attached hydrogens (tertiary/aromatic N) is 1. The average molecular weight is 224 g/mol. The second-order valence-electron chi connectivity index (χ2n) is 5.67. The first-order valence-electron chi connectivity index (χ1n) is 7.25. The van der Waals surface area contributed by atoms with Crippen molar-refractivity contribution in [2.24, 2.45) is 5.92 Å². The van der Waals surface area contributed by atoms with E-state index >= 15 is 0 Å². The Morgan fingerprint density at radius 2 is 1.88 bits per heavy atom. The van der Waals surface area contributed by atoms with Crippen LogP contribution in [0.25, 0.3) is 0 Å². The van der Waals surface area contributed by atoms with Gasteiger partial charge in [0.2, 0.25) is 0 Å². The van der Waals surface area contributed by atoms with Crippen LogP contribution in [0.3, 0.4) is 0 Å². The molecule has 1 atom stereocenters. The molecule has 94 valence electrons. The molecule has 0 aromatic carbocycles.